The molecule has 2 heterocycles. The molecule has 0 aliphatic carbocycles. The molecule has 6 nitrogen and oxygen atoms in total. The highest BCUT2D eigenvalue weighted by Crippen LogP contribution is 2.13. The maximum atomic E-state index is 11.2. The standard InChI is InChI=1S/C7H8N4O2/c1-11-2-4(8-3-11)5-6(12)10-7(13)9-5/h2-3,5H,1H3,(H2,9,10,12,13)/t5-/m0/s1. The Bertz CT molecular complexity index is 370. The van der Waals surface area contributed by atoms with Crippen LogP contribution in [0.1, 0.15) is 11.7 Å². The van der Waals surface area contributed by atoms with Crippen molar-refractivity contribution in [2.75, 3.05) is 0 Å². The Balaban J connectivity index is 2.27. The molecule has 3 amide bonds. The Morgan fingerprint density at radius 1 is 1.54 bits per heavy atom. The fraction of sp³-hybridized carbons (Fsp3) is 0.286. The van der Waals surface area contributed by atoms with Crippen LogP contribution in [0.15, 0.2) is 12.5 Å². The van der Waals surface area contributed by atoms with E-state index in [0.29, 0.717) is 5.69 Å². The summed E-state index contributed by atoms with van der Waals surface area (Å²) in [7, 11) is 1.80. The van der Waals surface area contributed by atoms with Gasteiger partial charge in [-0.15, -0.1) is 0 Å². The fourth-order valence-corrected chi connectivity index (χ4v) is 1.21. The number of nitrogens with one attached hydrogen (secondary N) is 2. The largest absolute Gasteiger partial charge is 0.340 e. The van der Waals surface area contributed by atoms with Crippen LogP contribution in [-0.4, -0.2) is 21.5 Å². The van der Waals surface area contributed by atoms with Crippen molar-refractivity contribution in [3.63, 3.8) is 0 Å². The summed E-state index contributed by atoms with van der Waals surface area (Å²) in [5.74, 6) is -0.358. The Morgan fingerprint density at radius 2 is 2.31 bits per heavy atom. The monoisotopic (exact) mass is 180 g/mol. The molecule has 0 unspecified atom stereocenters. The molecule has 2 rings (SSSR count). The molecule has 1 aromatic heterocycles. The molecule has 1 saturated heterocycles. The van der Waals surface area contributed by atoms with Gasteiger partial charge >= 0.3 is 6.03 Å². The van der Waals surface area contributed by atoms with Gasteiger partial charge in [-0.2, -0.15) is 0 Å². The molecule has 6 heteroatoms. The van der Waals surface area contributed by atoms with E-state index in [-0.39, 0.29) is 5.91 Å². The zero-order valence-corrected chi connectivity index (χ0v) is 6.94. The van der Waals surface area contributed by atoms with Crippen LogP contribution >= 0.6 is 0 Å². The summed E-state index contributed by atoms with van der Waals surface area (Å²) in [5, 5.41) is 4.59. The molecule has 0 radical (unpaired) electrons. The van der Waals surface area contributed by atoms with E-state index in [1.54, 1.807) is 24.1 Å². The summed E-state index contributed by atoms with van der Waals surface area (Å²) >= 11 is 0. The van der Waals surface area contributed by atoms with Gasteiger partial charge in [0.05, 0.1) is 12.0 Å². The number of amides is 3. The molecule has 0 saturated carbocycles. The van der Waals surface area contributed by atoms with Gasteiger partial charge < -0.3 is 9.88 Å². The van der Waals surface area contributed by atoms with Crippen molar-refractivity contribution in [1.29, 1.82) is 0 Å². The number of aryl methyl sites for hydroxylation is 1. The Morgan fingerprint density at radius 3 is 2.77 bits per heavy atom. The molecule has 68 valence electrons. The number of imidazole rings is 1. The molecule has 1 aliphatic heterocycles. The molecule has 13 heavy (non-hydrogen) atoms. The zero-order valence-electron chi connectivity index (χ0n) is 6.94. The highest BCUT2D eigenvalue weighted by atomic mass is 16.2. The van der Waals surface area contributed by atoms with Gasteiger partial charge in [0, 0.05) is 13.2 Å². The summed E-state index contributed by atoms with van der Waals surface area (Å²) in [6.07, 6.45) is 3.27. The summed E-state index contributed by atoms with van der Waals surface area (Å²) in [6.45, 7) is 0. The average Bonchev–Trinajstić information content (AvgIpc) is 2.58. The quantitative estimate of drug-likeness (QED) is 0.561. The summed E-state index contributed by atoms with van der Waals surface area (Å²) < 4.78 is 1.72. The van der Waals surface area contributed by atoms with Crippen LogP contribution < -0.4 is 10.6 Å². The minimum absolute atomic E-state index is 0.358. The van der Waals surface area contributed by atoms with Crippen molar-refractivity contribution in [3.05, 3.63) is 18.2 Å². The van der Waals surface area contributed by atoms with Crippen LogP contribution in [0.3, 0.4) is 0 Å². The maximum Gasteiger partial charge on any atom is 0.322 e. The second-order valence-corrected chi connectivity index (χ2v) is 2.86. The van der Waals surface area contributed by atoms with Gasteiger partial charge in [0.2, 0.25) is 0 Å². The van der Waals surface area contributed by atoms with E-state index in [1.165, 1.54) is 0 Å². The fourth-order valence-electron chi connectivity index (χ4n) is 1.21. The number of carbonyl (C=O) groups excluding carboxylic acids is 2. The molecule has 1 aliphatic rings. The van der Waals surface area contributed by atoms with Gasteiger partial charge in [0.25, 0.3) is 5.91 Å². The molecule has 0 aromatic carbocycles. The first-order chi connectivity index (χ1) is 6.16. The van der Waals surface area contributed by atoms with Crippen LogP contribution in [0.2, 0.25) is 0 Å². The van der Waals surface area contributed by atoms with E-state index in [9.17, 15) is 9.59 Å². The first-order valence-corrected chi connectivity index (χ1v) is 3.76. The van der Waals surface area contributed by atoms with E-state index in [2.05, 4.69) is 15.6 Å². The number of carbonyl (C=O) groups is 2. The third-order valence-electron chi connectivity index (χ3n) is 1.79. The number of aromatic nitrogens is 2. The third kappa shape index (κ3) is 1.26. The smallest absolute Gasteiger partial charge is 0.322 e. The molecule has 1 atom stereocenters. The van der Waals surface area contributed by atoms with Crippen molar-refractivity contribution >= 4 is 11.9 Å². The highest BCUT2D eigenvalue weighted by molar-refractivity contribution is 6.04. The predicted molar refractivity (Wildman–Crippen MR) is 42.6 cm³/mol. The second-order valence-electron chi connectivity index (χ2n) is 2.86. The van der Waals surface area contributed by atoms with E-state index >= 15 is 0 Å². The lowest BCUT2D eigenvalue weighted by atomic mass is 10.2. The van der Waals surface area contributed by atoms with Gasteiger partial charge in [0.1, 0.15) is 0 Å². The number of hydrogen-bond donors (Lipinski definition) is 2. The molecular formula is C7H8N4O2. The Labute approximate surface area is 73.9 Å². The van der Waals surface area contributed by atoms with E-state index in [0.717, 1.165) is 0 Å². The van der Waals surface area contributed by atoms with Crippen LogP contribution in [0, 0.1) is 0 Å². The van der Waals surface area contributed by atoms with Crippen LogP contribution in [-0.2, 0) is 11.8 Å². The normalized spacial score (nSPS) is 21.5. The van der Waals surface area contributed by atoms with Crippen LogP contribution in [0.5, 0.6) is 0 Å². The van der Waals surface area contributed by atoms with Gasteiger partial charge in [0.15, 0.2) is 6.04 Å². The van der Waals surface area contributed by atoms with Crippen molar-refractivity contribution in [2.24, 2.45) is 7.05 Å². The second kappa shape index (κ2) is 2.58. The molecule has 1 fully saturated rings. The van der Waals surface area contributed by atoms with E-state index < -0.39 is 12.1 Å². The number of urea groups is 1. The van der Waals surface area contributed by atoms with E-state index in [1.807, 2.05) is 0 Å². The molecule has 0 spiro atoms. The third-order valence-corrected chi connectivity index (χ3v) is 1.79. The number of hydrogen-bond acceptors (Lipinski definition) is 3. The number of rotatable bonds is 1. The Kier molecular flexibility index (Phi) is 1.54. The van der Waals surface area contributed by atoms with Crippen LogP contribution in [0.4, 0.5) is 4.79 Å². The van der Waals surface area contributed by atoms with Gasteiger partial charge in [-0.05, 0) is 0 Å². The summed E-state index contributed by atoms with van der Waals surface area (Å²) in [4.78, 5) is 25.9. The summed E-state index contributed by atoms with van der Waals surface area (Å²) in [5.41, 5.74) is 0.547. The maximum absolute atomic E-state index is 11.2. The highest BCUT2D eigenvalue weighted by Gasteiger charge is 2.32. The average molecular weight is 180 g/mol. The van der Waals surface area contributed by atoms with Crippen molar-refractivity contribution in [3.8, 4) is 0 Å². The molecular weight excluding hydrogens is 172 g/mol. The lowest BCUT2D eigenvalue weighted by molar-refractivity contribution is -0.120. The zero-order chi connectivity index (χ0) is 9.42. The number of imide groups is 1. The van der Waals surface area contributed by atoms with Gasteiger partial charge in [-0.1, -0.05) is 0 Å². The molecule has 1 aromatic rings. The lowest BCUT2D eigenvalue weighted by Gasteiger charge is -2.00. The van der Waals surface area contributed by atoms with Crippen molar-refractivity contribution in [1.82, 2.24) is 20.2 Å². The van der Waals surface area contributed by atoms with Gasteiger partial charge in [-0.3, -0.25) is 10.1 Å². The first kappa shape index (κ1) is 7.78. The first-order valence-electron chi connectivity index (χ1n) is 3.76. The molecule has 2 N–H and O–H groups in total. The Hall–Kier alpha value is -1.85. The SMILES string of the molecule is Cn1cnc([C@@H]2NC(=O)NC2=O)c1. The molecule has 0 bridgehead atoms. The van der Waals surface area contributed by atoms with Gasteiger partial charge in [-0.25, -0.2) is 9.78 Å². The number of nitrogens with zero attached hydrogens (tertiary/aromatic N) is 2. The minimum atomic E-state index is -0.645. The van der Waals surface area contributed by atoms with E-state index in [4.69, 9.17) is 0 Å². The summed E-state index contributed by atoms with van der Waals surface area (Å²) in [6, 6.07) is -1.12. The lowest BCUT2D eigenvalue weighted by Crippen LogP contribution is -2.22. The van der Waals surface area contributed by atoms with Crippen LogP contribution in [0.25, 0.3) is 0 Å². The topological polar surface area (TPSA) is 76.0 Å². The predicted octanol–water partition coefficient (Wildman–Crippen LogP) is -0.699. The van der Waals surface area contributed by atoms with Crippen molar-refractivity contribution in [2.45, 2.75) is 6.04 Å². The minimum Gasteiger partial charge on any atom is -0.340 e. The van der Waals surface area contributed by atoms with Crippen molar-refractivity contribution < 1.29 is 9.59 Å².